The van der Waals surface area contributed by atoms with Crippen molar-refractivity contribution in [2.75, 3.05) is 32.4 Å². The maximum Gasteiger partial charge on any atom is 0.223 e. The molecule has 1 aliphatic carbocycles. The first-order chi connectivity index (χ1) is 17.7. The zero-order chi connectivity index (χ0) is 26.0. The van der Waals surface area contributed by atoms with Gasteiger partial charge in [0.15, 0.2) is 9.84 Å². The lowest BCUT2D eigenvalue weighted by molar-refractivity contribution is -0.128. The Morgan fingerprint density at radius 1 is 1.05 bits per heavy atom. The van der Waals surface area contributed by atoms with Gasteiger partial charge in [0.1, 0.15) is 0 Å². The predicted octanol–water partition coefficient (Wildman–Crippen LogP) is 3.98. The first kappa shape index (κ1) is 28.6. The molecule has 9 heteroatoms. The van der Waals surface area contributed by atoms with E-state index in [1.807, 2.05) is 35.2 Å². The highest BCUT2D eigenvalue weighted by molar-refractivity contribution is 7.90. The van der Waals surface area contributed by atoms with Crippen molar-refractivity contribution in [1.82, 2.24) is 15.1 Å². The molecule has 1 spiro atoms. The van der Waals surface area contributed by atoms with Crippen LogP contribution in [-0.2, 0) is 26.0 Å². The van der Waals surface area contributed by atoms with E-state index in [1.165, 1.54) is 6.26 Å². The molecule has 2 heterocycles. The van der Waals surface area contributed by atoms with E-state index in [2.05, 4.69) is 22.3 Å². The van der Waals surface area contributed by atoms with E-state index in [4.69, 9.17) is 0 Å². The second kappa shape index (κ2) is 11.8. The summed E-state index contributed by atoms with van der Waals surface area (Å²) in [6.45, 7) is 4.13. The van der Waals surface area contributed by atoms with Gasteiger partial charge in [-0.25, -0.2) is 8.42 Å². The Balaban J connectivity index is 0.00000336. The predicted molar refractivity (Wildman–Crippen MR) is 150 cm³/mol. The van der Waals surface area contributed by atoms with E-state index >= 15 is 0 Å². The quantitative estimate of drug-likeness (QED) is 0.502. The molecule has 1 atom stereocenters. The van der Waals surface area contributed by atoms with Crippen LogP contribution in [0.2, 0.25) is 0 Å². The fourth-order valence-electron chi connectivity index (χ4n) is 5.73. The van der Waals surface area contributed by atoms with Crippen molar-refractivity contribution in [1.29, 1.82) is 0 Å². The third-order valence-electron chi connectivity index (χ3n) is 8.25. The molecule has 1 saturated carbocycles. The van der Waals surface area contributed by atoms with E-state index < -0.39 is 9.84 Å². The van der Waals surface area contributed by atoms with E-state index in [0.29, 0.717) is 17.9 Å². The molecule has 3 fully saturated rings. The third kappa shape index (κ3) is 6.96. The SMILES string of the molecule is CS(=O)(=O)c1ccc(CN2CC3(CCN(CC[C@H](NC(=O)C4CC4)c4ccccc4)CC3)CC2=O)cc1.Cl. The van der Waals surface area contributed by atoms with Crippen LogP contribution < -0.4 is 5.32 Å². The summed E-state index contributed by atoms with van der Waals surface area (Å²) in [6.07, 6.45) is 6.66. The molecule has 2 aromatic rings. The average Bonchev–Trinajstić information content (AvgIpc) is 3.69. The summed E-state index contributed by atoms with van der Waals surface area (Å²) in [5, 5.41) is 3.28. The van der Waals surface area contributed by atoms with Crippen molar-refractivity contribution in [3.8, 4) is 0 Å². The lowest BCUT2D eigenvalue weighted by Crippen LogP contribution is -2.42. The minimum Gasteiger partial charge on any atom is -0.349 e. The Kier molecular flexibility index (Phi) is 8.85. The lowest BCUT2D eigenvalue weighted by atomic mass is 9.77. The summed E-state index contributed by atoms with van der Waals surface area (Å²) in [4.78, 5) is 30.1. The number of carbonyl (C=O) groups excluding carboxylic acids is 2. The summed E-state index contributed by atoms with van der Waals surface area (Å²) >= 11 is 0. The third-order valence-corrected chi connectivity index (χ3v) is 9.38. The van der Waals surface area contributed by atoms with Crippen molar-refractivity contribution in [2.24, 2.45) is 11.3 Å². The zero-order valence-electron chi connectivity index (χ0n) is 22.0. The number of piperidine rings is 1. The van der Waals surface area contributed by atoms with Crippen molar-refractivity contribution < 1.29 is 18.0 Å². The molecule has 0 aromatic heterocycles. The molecule has 3 aliphatic rings. The molecule has 206 valence electrons. The molecule has 1 N–H and O–H groups in total. The number of rotatable bonds is 9. The molecule has 2 amide bonds. The monoisotopic (exact) mass is 559 g/mol. The van der Waals surface area contributed by atoms with Crippen molar-refractivity contribution in [2.45, 2.75) is 56.0 Å². The van der Waals surface area contributed by atoms with E-state index in [1.54, 1.807) is 12.1 Å². The van der Waals surface area contributed by atoms with Crippen LogP contribution in [0.4, 0.5) is 0 Å². The van der Waals surface area contributed by atoms with Gasteiger partial charge in [0.2, 0.25) is 11.8 Å². The summed E-state index contributed by atoms with van der Waals surface area (Å²) in [6, 6.07) is 17.1. The van der Waals surface area contributed by atoms with Crippen LogP contribution in [0.5, 0.6) is 0 Å². The van der Waals surface area contributed by atoms with E-state index in [0.717, 1.165) is 69.4 Å². The molecule has 5 rings (SSSR count). The van der Waals surface area contributed by atoms with Gasteiger partial charge in [0, 0.05) is 38.2 Å². The average molecular weight is 560 g/mol. The van der Waals surface area contributed by atoms with Crippen molar-refractivity contribution >= 4 is 34.1 Å². The van der Waals surface area contributed by atoms with Crippen LogP contribution in [-0.4, -0.2) is 62.5 Å². The highest BCUT2D eigenvalue weighted by Crippen LogP contribution is 2.41. The summed E-state index contributed by atoms with van der Waals surface area (Å²) in [5.41, 5.74) is 2.14. The molecular formula is C29H38ClN3O4S. The van der Waals surface area contributed by atoms with Gasteiger partial charge in [-0.1, -0.05) is 42.5 Å². The van der Waals surface area contributed by atoms with Gasteiger partial charge in [-0.2, -0.15) is 0 Å². The molecule has 2 saturated heterocycles. The Morgan fingerprint density at radius 2 is 1.71 bits per heavy atom. The highest BCUT2D eigenvalue weighted by atomic mass is 35.5. The number of amides is 2. The Labute approximate surface area is 232 Å². The normalized spacial score (nSPS) is 20.2. The maximum absolute atomic E-state index is 12.9. The second-order valence-electron chi connectivity index (χ2n) is 11.2. The van der Waals surface area contributed by atoms with Gasteiger partial charge >= 0.3 is 0 Å². The molecule has 38 heavy (non-hydrogen) atoms. The maximum atomic E-state index is 12.9. The van der Waals surface area contributed by atoms with Gasteiger partial charge in [0.05, 0.1) is 10.9 Å². The number of sulfone groups is 1. The number of nitrogens with zero attached hydrogens (tertiary/aromatic N) is 2. The molecule has 0 bridgehead atoms. The molecule has 0 unspecified atom stereocenters. The minimum absolute atomic E-state index is 0. The van der Waals surface area contributed by atoms with Crippen LogP contribution in [0.3, 0.4) is 0 Å². The number of nitrogens with one attached hydrogen (secondary N) is 1. The largest absolute Gasteiger partial charge is 0.349 e. The molecule has 2 aromatic carbocycles. The highest BCUT2D eigenvalue weighted by Gasteiger charge is 2.44. The van der Waals surface area contributed by atoms with Crippen LogP contribution in [0.1, 0.15) is 55.7 Å². The number of halogens is 1. The van der Waals surface area contributed by atoms with E-state index in [9.17, 15) is 18.0 Å². The van der Waals surface area contributed by atoms with E-state index in [-0.39, 0.29) is 41.6 Å². The molecule has 7 nitrogen and oxygen atoms in total. The van der Waals surface area contributed by atoms with Crippen molar-refractivity contribution in [3.63, 3.8) is 0 Å². The molecule has 2 aliphatic heterocycles. The molecule has 0 radical (unpaired) electrons. The van der Waals surface area contributed by atoms with Crippen LogP contribution in [0.25, 0.3) is 0 Å². The second-order valence-corrected chi connectivity index (χ2v) is 13.2. The number of hydrogen-bond donors (Lipinski definition) is 1. The summed E-state index contributed by atoms with van der Waals surface area (Å²) in [5.74, 6) is 0.566. The van der Waals surface area contributed by atoms with Gasteiger partial charge in [-0.3, -0.25) is 9.59 Å². The summed E-state index contributed by atoms with van der Waals surface area (Å²) in [7, 11) is -3.22. The van der Waals surface area contributed by atoms with Gasteiger partial charge in [0.25, 0.3) is 0 Å². The first-order valence-corrected chi connectivity index (χ1v) is 15.2. The molecular weight excluding hydrogens is 522 g/mol. The topological polar surface area (TPSA) is 86.8 Å². The number of likely N-dealkylation sites (tertiary alicyclic amines) is 2. The van der Waals surface area contributed by atoms with Gasteiger partial charge in [-0.05, 0) is 73.9 Å². The number of carbonyl (C=O) groups is 2. The standard InChI is InChI=1S/C29H37N3O4S.ClH/c1-37(35,36)25-11-7-22(8-12-25)20-32-21-29(19-27(32)33)14-17-31(18-15-29)16-13-26(23-5-3-2-4-6-23)30-28(34)24-9-10-24;/h2-8,11-12,24,26H,9-10,13-21H2,1H3,(H,30,34);1H/t26-;/m0./s1. The fraction of sp³-hybridized carbons (Fsp3) is 0.517. The van der Waals surface area contributed by atoms with Crippen LogP contribution in [0.15, 0.2) is 59.5 Å². The van der Waals surface area contributed by atoms with Gasteiger partial charge < -0.3 is 15.1 Å². The number of hydrogen-bond acceptors (Lipinski definition) is 5. The Bertz CT molecular complexity index is 1220. The first-order valence-electron chi connectivity index (χ1n) is 13.4. The smallest absolute Gasteiger partial charge is 0.223 e. The van der Waals surface area contributed by atoms with Crippen LogP contribution >= 0.6 is 12.4 Å². The Hall–Kier alpha value is -2.42. The van der Waals surface area contributed by atoms with Gasteiger partial charge in [-0.15, -0.1) is 12.4 Å². The fourth-order valence-corrected chi connectivity index (χ4v) is 6.36. The lowest BCUT2D eigenvalue weighted by Gasteiger charge is -2.39. The Morgan fingerprint density at radius 3 is 2.32 bits per heavy atom. The number of benzene rings is 2. The summed E-state index contributed by atoms with van der Waals surface area (Å²) < 4.78 is 23.4. The van der Waals surface area contributed by atoms with Crippen LogP contribution in [0, 0.1) is 11.3 Å². The zero-order valence-corrected chi connectivity index (χ0v) is 23.6. The minimum atomic E-state index is -3.22. The van der Waals surface area contributed by atoms with Crippen molar-refractivity contribution in [3.05, 3.63) is 65.7 Å².